The maximum Gasteiger partial charge on any atom is 0.300 e. The van der Waals surface area contributed by atoms with E-state index in [9.17, 15) is 8.78 Å². The summed E-state index contributed by atoms with van der Waals surface area (Å²) in [6.45, 7) is 1.08. The summed E-state index contributed by atoms with van der Waals surface area (Å²) in [6, 6.07) is 21.1. The van der Waals surface area contributed by atoms with Gasteiger partial charge in [0.05, 0.1) is 23.3 Å². The Balaban J connectivity index is 0.000000840. The van der Waals surface area contributed by atoms with Crippen molar-refractivity contribution in [2.45, 2.75) is 6.92 Å². The smallest absolute Gasteiger partial charge is 0.300 e. The van der Waals surface area contributed by atoms with Gasteiger partial charge in [-0.25, -0.2) is 13.8 Å². The molecule has 4 rings (SSSR count). The Hall–Kier alpha value is -5.35. The van der Waals surface area contributed by atoms with Crippen molar-refractivity contribution in [3.63, 3.8) is 0 Å². The highest BCUT2D eigenvalue weighted by Crippen LogP contribution is 2.29. The molecule has 8 nitrogen and oxygen atoms in total. The minimum atomic E-state index is -0.833. The third-order valence-corrected chi connectivity index (χ3v) is 4.57. The minimum Gasteiger partial charge on any atom is -0.481 e. The fourth-order valence-corrected chi connectivity index (χ4v) is 2.97. The second-order valence-corrected chi connectivity index (χ2v) is 7.23. The van der Waals surface area contributed by atoms with Gasteiger partial charge in [-0.05, 0) is 65.7 Å². The number of rotatable bonds is 5. The van der Waals surface area contributed by atoms with Gasteiger partial charge in [-0.2, -0.15) is 15.5 Å². The quantitative estimate of drug-likeness (QED) is 0.326. The van der Waals surface area contributed by atoms with Crippen molar-refractivity contribution in [1.29, 1.82) is 10.5 Å². The van der Waals surface area contributed by atoms with Crippen LogP contribution in [0.5, 0.6) is 0 Å². The molecule has 0 unspecified atom stereocenters. The van der Waals surface area contributed by atoms with E-state index in [4.69, 9.17) is 20.4 Å². The predicted molar refractivity (Wildman–Crippen MR) is 130 cm³/mol. The van der Waals surface area contributed by atoms with Gasteiger partial charge in [0.1, 0.15) is 23.1 Å². The van der Waals surface area contributed by atoms with Crippen LogP contribution in [-0.2, 0) is 4.79 Å². The number of carboxylic acid groups (broad SMARTS) is 1. The van der Waals surface area contributed by atoms with Crippen molar-refractivity contribution < 1.29 is 18.7 Å². The van der Waals surface area contributed by atoms with Gasteiger partial charge in [0.25, 0.3) is 5.97 Å². The number of carbonyl (C=O) groups is 1. The second-order valence-electron chi connectivity index (χ2n) is 7.23. The third kappa shape index (κ3) is 6.83. The van der Waals surface area contributed by atoms with Gasteiger partial charge < -0.3 is 15.7 Å². The number of halogens is 2. The summed E-state index contributed by atoms with van der Waals surface area (Å²) in [5.41, 5.74) is 2.23. The molecule has 0 aliphatic carbocycles. The lowest BCUT2D eigenvalue weighted by Gasteiger charge is -2.12. The Bertz CT molecular complexity index is 1430. The molecule has 0 saturated carbocycles. The van der Waals surface area contributed by atoms with Gasteiger partial charge in [-0.1, -0.05) is 12.1 Å². The van der Waals surface area contributed by atoms with Crippen LogP contribution in [0.1, 0.15) is 18.1 Å². The highest BCUT2D eigenvalue weighted by molar-refractivity contribution is 5.69. The van der Waals surface area contributed by atoms with Gasteiger partial charge in [0.2, 0.25) is 5.95 Å². The van der Waals surface area contributed by atoms with Gasteiger partial charge >= 0.3 is 0 Å². The van der Waals surface area contributed by atoms with Crippen LogP contribution >= 0.6 is 0 Å². The van der Waals surface area contributed by atoms with Crippen LogP contribution in [0.25, 0.3) is 11.1 Å². The molecule has 178 valence electrons. The van der Waals surface area contributed by atoms with Crippen LogP contribution in [0.3, 0.4) is 0 Å². The summed E-state index contributed by atoms with van der Waals surface area (Å²) in [4.78, 5) is 17.3. The van der Waals surface area contributed by atoms with E-state index >= 15 is 0 Å². The van der Waals surface area contributed by atoms with E-state index in [1.165, 1.54) is 24.4 Å². The zero-order chi connectivity index (χ0) is 26.1. The van der Waals surface area contributed by atoms with E-state index in [2.05, 4.69) is 20.6 Å². The Labute approximate surface area is 205 Å². The van der Waals surface area contributed by atoms with Crippen LogP contribution in [-0.4, -0.2) is 21.0 Å². The molecule has 1 heterocycles. The van der Waals surface area contributed by atoms with Crippen LogP contribution in [0.15, 0.2) is 72.9 Å². The molecule has 4 aromatic rings. The monoisotopic (exact) mass is 484 g/mol. The van der Waals surface area contributed by atoms with E-state index < -0.39 is 17.6 Å². The molecule has 0 spiro atoms. The topological polar surface area (TPSA) is 135 Å². The maximum atomic E-state index is 14.7. The highest BCUT2D eigenvalue weighted by Gasteiger charge is 2.14. The molecular formula is C26H18F2N6O2. The predicted octanol–water partition coefficient (Wildman–Crippen LogP) is 5.74. The van der Waals surface area contributed by atoms with E-state index in [1.54, 1.807) is 48.5 Å². The lowest BCUT2D eigenvalue weighted by molar-refractivity contribution is -0.134. The summed E-state index contributed by atoms with van der Waals surface area (Å²) >= 11 is 0. The largest absolute Gasteiger partial charge is 0.481 e. The summed E-state index contributed by atoms with van der Waals surface area (Å²) in [5, 5.41) is 30.8. The first-order valence-electron chi connectivity index (χ1n) is 10.4. The van der Waals surface area contributed by atoms with E-state index in [1.807, 2.05) is 12.1 Å². The maximum absolute atomic E-state index is 14.7. The van der Waals surface area contributed by atoms with Crippen molar-refractivity contribution in [2.24, 2.45) is 0 Å². The number of benzene rings is 3. The Kier molecular flexibility index (Phi) is 8.20. The fraction of sp³-hybridized carbons (Fsp3) is 0.0385. The zero-order valence-corrected chi connectivity index (χ0v) is 18.8. The van der Waals surface area contributed by atoms with Crippen molar-refractivity contribution >= 4 is 29.1 Å². The Morgan fingerprint density at radius 1 is 0.861 bits per heavy atom. The normalized spacial score (nSPS) is 9.69. The number of aromatic nitrogens is 2. The fourth-order valence-electron chi connectivity index (χ4n) is 2.97. The summed E-state index contributed by atoms with van der Waals surface area (Å²) in [6.07, 6.45) is 1.45. The van der Waals surface area contributed by atoms with Crippen molar-refractivity contribution in [2.75, 3.05) is 10.6 Å². The van der Waals surface area contributed by atoms with E-state index in [0.717, 1.165) is 6.92 Å². The average molecular weight is 484 g/mol. The SMILES string of the molecule is CC(=O)O.N#Cc1ccc(Nc2nccc(Nc3c(F)cc(-c4ccc(C#N)cc4)cc3F)n2)cc1. The number of carboxylic acids is 1. The molecule has 0 aliphatic heterocycles. The summed E-state index contributed by atoms with van der Waals surface area (Å²) in [7, 11) is 0. The zero-order valence-electron chi connectivity index (χ0n) is 18.8. The number of nitrogens with one attached hydrogen (secondary N) is 2. The summed E-state index contributed by atoms with van der Waals surface area (Å²) in [5.74, 6) is -2.00. The molecule has 0 aliphatic rings. The minimum absolute atomic E-state index is 0.195. The average Bonchev–Trinajstić information content (AvgIpc) is 2.86. The third-order valence-electron chi connectivity index (χ3n) is 4.57. The molecule has 0 atom stereocenters. The number of hydrogen-bond acceptors (Lipinski definition) is 7. The molecule has 0 saturated heterocycles. The van der Waals surface area contributed by atoms with Crippen LogP contribution in [0.2, 0.25) is 0 Å². The van der Waals surface area contributed by atoms with Gasteiger partial charge in [0, 0.05) is 18.8 Å². The highest BCUT2D eigenvalue weighted by atomic mass is 19.1. The molecule has 0 bridgehead atoms. The Morgan fingerprint density at radius 2 is 1.39 bits per heavy atom. The van der Waals surface area contributed by atoms with Crippen LogP contribution in [0, 0.1) is 34.3 Å². The first-order valence-corrected chi connectivity index (χ1v) is 10.4. The van der Waals surface area contributed by atoms with Gasteiger partial charge in [-0.15, -0.1) is 0 Å². The van der Waals surface area contributed by atoms with Gasteiger partial charge in [-0.3, -0.25) is 4.79 Å². The number of anilines is 4. The van der Waals surface area contributed by atoms with Crippen LogP contribution < -0.4 is 10.6 Å². The van der Waals surface area contributed by atoms with Gasteiger partial charge in [0.15, 0.2) is 0 Å². The molecule has 0 amide bonds. The number of aliphatic carboxylic acids is 1. The molecular weight excluding hydrogens is 466 g/mol. The second kappa shape index (κ2) is 11.7. The number of nitrogens with zero attached hydrogens (tertiary/aromatic N) is 4. The lowest BCUT2D eigenvalue weighted by Crippen LogP contribution is -2.03. The molecule has 1 aromatic heterocycles. The molecule has 10 heteroatoms. The van der Waals surface area contributed by atoms with E-state index in [-0.39, 0.29) is 17.5 Å². The molecule has 3 N–H and O–H groups in total. The standard InChI is InChI=1S/C24H14F2N6.C2H4O2/c25-20-11-18(17-5-1-15(13-27)2-6-17)12-21(26)23(20)31-22-9-10-29-24(32-22)30-19-7-3-16(14-28)4-8-19;1-2(3)4/h1-12H,(H2,29,30,31,32);1H3,(H,3,4). The van der Waals surface area contributed by atoms with Crippen molar-refractivity contribution in [1.82, 2.24) is 9.97 Å². The first-order chi connectivity index (χ1) is 17.3. The molecule has 0 radical (unpaired) electrons. The molecule has 36 heavy (non-hydrogen) atoms. The van der Waals surface area contributed by atoms with E-state index in [0.29, 0.717) is 27.9 Å². The molecule has 3 aromatic carbocycles. The van der Waals surface area contributed by atoms with Crippen molar-refractivity contribution in [3.05, 3.63) is 95.7 Å². The summed E-state index contributed by atoms with van der Waals surface area (Å²) < 4.78 is 29.4. The Morgan fingerprint density at radius 3 is 1.92 bits per heavy atom. The first kappa shape index (κ1) is 25.3. The van der Waals surface area contributed by atoms with Crippen molar-refractivity contribution in [3.8, 4) is 23.3 Å². The number of nitriles is 2. The molecule has 0 fully saturated rings. The number of hydrogen-bond donors (Lipinski definition) is 3. The lowest BCUT2D eigenvalue weighted by atomic mass is 10.0. The van der Waals surface area contributed by atoms with Crippen LogP contribution in [0.4, 0.5) is 31.9 Å².